The first kappa shape index (κ1) is 15.5. The van der Waals surface area contributed by atoms with Crippen LogP contribution in [-0.4, -0.2) is 31.5 Å². The van der Waals surface area contributed by atoms with Crippen LogP contribution in [0.25, 0.3) is 0 Å². The van der Waals surface area contributed by atoms with Crippen LogP contribution < -0.4 is 4.74 Å². The standard InChI is InChI=1S/C14H21BrO3/c1-9(2)14(18-4)12(16)8-10-5-6-13(17-3)11(15)7-10/h5-7,9,12,14,16H,8H2,1-4H3. The summed E-state index contributed by atoms with van der Waals surface area (Å²) in [6.45, 7) is 4.09. The molecule has 1 aromatic rings. The first-order valence-corrected chi connectivity index (χ1v) is 6.82. The summed E-state index contributed by atoms with van der Waals surface area (Å²) in [6.07, 6.45) is -0.0830. The van der Waals surface area contributed by atoms with E-state index >= 15 is 0 Å². The molecule has 0 bridgehead atoms. The van der Waals surface area contributed by atoms with E-state index in [2.05, 4.69) is 15.9 Å². The van der Waals surface area contributed by atoms with Crippen LogP contribution >= 0.6 is 15.9 Å². The Morgan fingerprint density at radius 1 is 1.28 bits per heavy atom. The van der Waals surface area contributed by atoms with Crippen molar-refractivity contribution in [1.82, 2.24) is 0 Å². The molecular weight excluding hydrogens is 296 g/mol. The second kappa shape index (κ2) is 7.12. The Morgan fingerprint density at radius 2 is 1.94 bits per heavy atom. The van der Waals surface area contributed by atoms with Crippen molar-refractivity contribution >= 4 is 15.9 Å². The fourth-order valence-electron chi connectivity index (χ4n) is 2.07. The van der Waals surface area contributed by atoms with Gasteiger partial charge in [0, 0.05) is 13.5 Å². The lowest BCUT2D eigenvalue weighted by Crippen LogP contribution is -2.34. The lowest BCUT2D eigenvalue weighted by molar-refractivity contribution is -0.0368. The van der Waals surface area contributed by atoms with Crippen molar-refractivity contribution in [2.75, 3.05) is 14.2 Å². The molecule has 0 aliphatic carbocycles. The highest BCUT2D eigenvalue weighted by molar-refractivity contribution is 9.10. The van der Waals surface area contributed by atoms with Gasteiger partial charge in [-0.1, -0.05) is 19.9 Å². The Bertz CT molecular complexity index is 379. The number of aliphatic hydroxyl groups is 1. The van der Waals surface area contributed by atoms with Gasteiger partial charge >= 0.3 is 0 Å². The number of hydrogen-bond acceptors (Lipinski definition) is 3. The van der Waals surface area contributed by atoms with Gasteiger partial charge in [0.25, 0.3) is 0 Å². The third-order valence-corrected chi connectivity index (χ3v) is 3.59. The summed E-state index contributed by atoms with van der Waals surface area (Å²) in [7, 11) is 3.27. The molecular formula is C14H21BrO3. The van der Waals surface area contributed by atoms with Gasteiger partial charge in [0.1, 0.15) is 5.75 Å². The number of rotatable bonds is 6. The molecule has 18 heavy (non-hydrogen) atoms. The number of benzene rings is 1. The molecule has 102 valence electrons. The molecule has 0 aliphatic rings. The average molecular weight is 317 g/mol. The topological polar surface area (TPSA) is 38.7 Å². The van der Waals surface area contributed by atoms with E-state index in [0.29, 0.717) is 6.42 Å². The van der Waals surface area contributed by atoms with Gasteiger partial charge in [-0.15, -0.1) is 0 Å². The third kappa shape index (κ3) is 3.97. The normalized spacial score (nSPS) is 14.6. The number of aliphatic hydroxyl groups excluding tert-OH is 1. The molecule has 0 amide bonds. The van der Waals surface area contributed by atoms with Crippen LogP contribution in [0.3, 0.4) is 0 Å². The molecule has 2 unspecified atom stereocenters. The summed E-state index contributed by atoms with van der Waals surface area (Å²) in [6, 6.07) is 5.82. The van der Waals surface area contributed by atoms with E-state index in [1.54, 1.807) is 14.2 Å². The van der Waals surface area contributed by atoms with Crippen LogP contribution in [0.5, 0.6) is 5.75 Å². The fraction of sp³-hybridized carbons (Fsp3) is 0.571. The number of hydrogen-bond donors (Lipinski definition) is 1. The zero-order chi connectivity index (χ0) is 13.7. The quantitative estimate of drug-likeness (QED) is 0.876. The van der Waals surface area contributed by atoms with Gasteiger partial charge in [-0.3, -0.25) is 0 Å². The molecule has 0 aromatic heterocycles. The van der Waals surface area contributed by atoms with Gasteiger partial charge in [0.15, 0.2) is 0 Å². The third-order valence-electron chi connectivity index (χ3n) is 2.97. The maximum Gasteiger partial charge on any atom is 0.133 e. The van der Waals surface area contributed by atoms with Crippen molar-refractivity contribution in [1.29, 1.82) is 0 Å². The van der Waals surface area contributed by atoms with E-state index in [4.69, 9.17) is 9.47 Å². The van der Waals surface area contributed by atoms with Crippen molar-refractivity contribution in [2.24, 2.45) is 5.92 Å². The minimum absolute atomic E-state index is 0.147. The number of halogens is 1. The second-order valence-electron chi connectivity index (χ2n) is 4.68. The highest BCUT2D eigenvalue weighted by Crippen LogP contribution is 2.26. The molecule has 1 rings (SSSR count). The van der Waals surface area contributed by atoms with E-state index in [-0.39, 0.29) is 12.0 Å². The summed E-state index contributed by atoms with van der Waals surface area (Å²) in [5, 5.41) is 10.2. The van der Waals surface area contributed by atoms with Crippen molar-refractivity contribution < 1.29 is 14.6 Å². The lowest BCUT2D eigenvalue weighted by atomic mass is 9.96. The first-order valence-electron chi connectivity index (χ1n) is 6.02. The van der Waals surface area contributed by atoms with E-state index < -0.39 is 6.10 Å². The molecule has 0 fully saturated rings. The zero-order valence-corrected chi connectivity index (χ0v) is 12.9. The summed E-state index contributed by atoms with van der Waals surface area (Å²) in [4.78, 5) is 0. The Morgan fingerprint density at radius 3 is 2.39 bits per heavy atom. The van der Waals surface area contributed by atoms with Crippen LogP contribution in [0.15, 0.2) is 22.7 Å². The first-order chi connectivity index (χ1) is 8.49. The van der Waals surface area contributed by atoms with E-state index in [0.717, 1.165) is 15.8 Å². The highest BCUT2D eigenvalue weighted by atomic mass is 79.9. The van der Waals surface area contributed by atoms with E-state index in [1.165, 1.54) is 0 Å². The Kier molecular flexibility index (Phi) is 6.12. The summed E-state index contributed by atoms with van der Waals surface area (Å²) >= 11 is 3.44. The molecule has 1 aromatic carbocycles. The monoisotopic (exact) mass is 316 g/mol. The summed E-state index contributed by atoms with van der Waals surface area (Å²) < 4.78 is 11.4. The second-order valence-corrected chi connectivity index (χ2v) is 5.54. The summed E-state index contributed by atoms with van der Waals surface area (Å²) in [5.41, 5.74) is 1.05. The predicted octanol–water partition coefficient (Wildman–Crippen LogP) is 3.03. The smallest absolute Gasteiger partial charge is 0.133 e. The van der Waals surface area contributed by atoms with Gasteiger partial charge in [-0.05, 0) is 39.5 Å². The van der Waals surface area contributed by atoms with Crippen LogP contribution in [0, 0.1) is 5.92 Å². The van der Waals surface area contributed by atoms with Crippen LogP contribution in [0.4, 0.5) is 0 Å². The predicted molar refractivity (Wildman–Crippen MR) is 76.0 cm³/mol. The SMILES string of the molecule is COc1ccc(CC(O)C(OC)C(C)C)cc1Br. The van der Waals surface area contributed by atoms with E-state index in [1.807, 2.05) is 32.0 Å². The van der Waals surface area contributed by atoms with Crippen molar-refractivity contribution in [3.63, 3.8) is 0 Å². The molecule has 4 heteroatoms. The molecule has 1 N–H and O–H groups in total. The average Bonchev–Trinajstić information content (AvgIpc) is 2.29. The highest BCUT2D eigenvalue weighted by Gasteiger charge is 2.22. The Labute approximate surface area is 117 Å². The van der Waals surface area contributed by atoms with Crippen molar-refractivity contribution in [3.8, 4) is 5.75 Å². The largest absolute Gasteiger partial charge is 0.496 e. The maximum atomic E-state index is 10.2. The molecule has 2 atom stereocenters. The molecule has 0 aliphatic heterocycles. The van der Waals surface area contributed by atoms with Gasteiger partial charge < -0.3 is 14.6 Å². The van der Waals surface area contributed by atoms with Gasteiger partial charge in [0.2, 0.25) is 0 Å². The summed E-state index contributed by atoms with van der Waals surface area (Å²) in [5.74, 6) is 1.08. The van der Waals surface area contributed by atoms with Gasteiger partial charge in [0.05, 0.1) is 23.8 Å². The lowest BCUT2D eigenvalue weighted by Gasteiger charge is -2.25. The van der Waals surface area contributed by atoms with Gasteiger partial charge in [-0.2, -0.15) is 0 Å². The zero-order valence-electron chi connectivity index (χ0n) is 11.3. The number of ether oxygens (including phenoxy) is 2. The molecule has 0 heterocycles. The van der Waals surface area contributed by atoms with Crippen LogP contribution in [0.2, 0.25) is 0 Å². The minimum atomic E-state index is -0.504. The van der Waals surface area contributed by atoms with Gasteiger partial charge in [-0.25, -0.2) is 0 Å². The van der Waals surface area contributed by atoms with Crippen molar-refractivity contribution in [3.05, 3.63) is 28.2 Å². The maximum absolute atomic E-state index is 10.2. The van der Waals surface area contributed by atoms with Crippen molar-refractivity contribution in [2.45, 2.75) is 32.5 Å². The molecule has 3 nitrogen and oxygen atoms in total. The van der Waals surface area contributed by atoms with Crippen LogP contribution in [0.1, 0.15) is 19.4 Å². The Balaban J connectivity index is 2.75. The molecule has 0 spiro atoms. The van der Waals surface area contributed by atoms with E-state index in [9.17, 15) is 5.11 Å². The molecule has 0 saturated heterocycles. The Hall–Kier alpha value is -0.580. The number of methoxy groups -OCH3 is 2. The minimum Gasteiger partial charge on any atom is -0.496 e. The molecule has 0 radical (unpaired) electrons. The fourth-order valence-corrected chi connectivity index (χ4v) is 2.66. The van der Waals surface area contributed by atoms with Crippen LogP contribution in [-0.2, 0) is 11.2 Å². The molecule has 0 saturated carbocycles.